The fourth-order valence-electron chi connectivity index (χ4n) is 4.30. The summed E-state index contributed by atoms with van der Waals surface area (Å²) in [4.78, 5) is 4.36. The third-order valence-electron chi connectivity index (χ3n) is 5.05. The quantitative estimate of drug-likeness (QED) is 0.706. The molecule has 2 aliphatic heterocycles. The number of rotatable bonds is 0. The van der Waals surface area contributed by atoms with Crippen LogP contribution in [0.3, 0.4) is 0 Å². The molecule has 0 N–H and O–H groups in total. The summed E-state index contributed by atoms with van der Waals surface area (Å²) in [6.07, 6.45) is 11.1. The number of hydrogen-bond acceptors (Lipinski definition) is 3. The van der Waals surface area contributed by atoms with E-state index >= 15 is 0 Å². The molecule has 0 aromatic carbocycles. The largest absolute Gasteiger partial charge is 0.347 e. The number of nitrogens with zero attached hydrogens (tertiary/aromatic N) is 2. The molecule has 1 saturated heterocycles. The number of aromatic nitrogens is 2. The summed E-state index contributed by atoms with van der Waals surface area (Å²) in [5.41, 5.74) is 1.40. The molecule has 1 atom stereocenters. The maximum atomic E-state index is 6.14. The predicted octanol–water partition coefficient (Wildman–Crippen LogP) is 2.23. The molecule has 0 amide bonds. The van der Waals surface area contributed by atoms with Gasteiger partial charge in [-0.15, -0.1) is 0 Å². The summed E-state index contributed by atoms with van der Waals surface area (Å²) in [5, 5.41) is 0. The minimum atomic E-state index is -0.358. The molecule has 1 saturated carbocycles. The normalized spacial score (nSPS) is 34.0. The highest BCUT2D eigenvalue weighted by Gasteiger charge is 2.59. The van der Waals surface area contributed by atoms with E-state index in [1.807, 2.05) is 12.5 Å². The molecule has 2 spiro atoms. The average Bonchev–Trinajstić information content (AvgIpc) is 3.04. The topological polar surface area (TPSA) is 36.3 Å². The van der Waals surface area contributed by atoms with Gasteiger partial charge in [0.05, 0.1) is 25.0 Å². The number of imidazole rings is 1. The van der Waals surface area contributed by atoms with Crippen LogP contribution < -0.4 is 0 Å². The van der Waals surface area contributed by atoms with Crippen LogP contribution in [0.2, 0.25) is 0 Å². The monoisotopic (exact) mass is 248 g/mol. The molecule has 3 heterocycles. The van der Waals surface area contributed by atoms with E-state index in [0.29, 0.717) is 0 Å². The van der Waals surface area contributed by atoms with Crippen molar-refractivity contribution in [3.63, 3.8) is 0 Å². The van der Waals surface area contributed by atoms with Crippen LogP contribution >= 0.6 is 0 Å². The van der Waals surface area contributed by atoms with E-state index in [-0.39, 0.29) is 11.2 Å². The van der Waals surface area contributed by atoms with Gasteiger partial charge in [-0.25, -0.2) is 4.98 Å². The molecule has 1 aromatic rings. The van der Waals surface area contributed by atoms with Gasteiger partial charge in [0.25, 0.3) is 0 Å². The lowest BCUT2D eigenvalue weighted by atomic mass is 9.63. The van der Waals surface area contributed by atoms with Crippen molar-refractivity contribution >= 4 is 0 Å². The number of ether oxygens (including phenoxy) is 2. The van der Waals surface area contributed by atoms with Crippen LogP contribution in [0.1, 0.15) is 44.2 Å². The molecule has 0 radical (unpaired) electrons. The molecule has 1 unspecified atom stereocenters. The maximum Gasteiger partial charge on any atom is 0.179 e. The first-order chi connectivity index (χ1) is 8.86. The van der Waals surface area contributed by atoms with E-state index in [9.17, 15) is 0 Å². The van der Waals surface area contributed by atoms with Crippen LogP contribution in [0.5, 0.6) is 0 Å². The zero-order chi connectivity index (χ0) is 12.1. The van der Waals surface area contributed by atoms with E-state index < -0.39 is 0 Å². The Balaban J connectivity index is 1.86. The Morgan fingerprint density at radius 2 is 1.83 bits per heavy atom. The summed E-state index contributed by atoms with van der Waals surface area (Å²) >= 11 is 0. The van der Waals surface area contributed by atoms with Gasteiger partial charge in [-0.1, -0.05) is 6.42 Å². The predicted molar refractivity (Wildman–Crippen MR) is 66.2 cm³/mol. The zero-order valence-corrected chi connectivity index (χ0v) is 10.7. The van der Waals surface area contributed by atoms with Gasteiger partial charge in [0.1, 0.15) is 0 Å². The SMILES string of the molecule is c1ncn2c1C1(CCCCC13OCCO3)CCC2. The summed E-state index contributed by atoms with van der Waals surface area (Å²) < 4.78 is 14.6. The van der Waals surface area contributed by atoms with Crippen molar-refractivity contribution in [1.82, 2.24) is 9.55 Å². The molecule has 4 heteroatoms. The lowest BCUT2D eigenvalue weighted by Gasteiger charge is -2.51. The molecular weight excluding hydrogens is 228 g/mol. The van der Waals surface area contributed by atoms with Crippen LogP contribution in [-0.2, 0) is 21.4 Å². The van der Waals surface area contributed by atoms with Crippen LogP contribution in [0.15, 0.2) is 12.5 Å². The highest BCUT2D eigenvalue weighted by atomic mass is 16.7. The number of aryl methyl sites for hydroxylation is 1. The highest BCUT2D eigenvalue weighted by Crippen LogP contribution is 2.54. The number of hydrogen-bond donors (Lipinski definition) is 0. The van der Waals surface area contributed by atoms with Crippen molar-refractivity contribution in [2.75, 3.05) is 13.2 Å². The maximum absolute atomic E-state index is 6.14. The third kappa shape index (κ3) is 1.25. The minimum Gasteiger partial charge on any atom is -0.347 e. The summed E-state index contributed by atoms with van der Waals surface area (Å²) in [5.74, 6) is -0.358. The molecule has 1 aliphatic carbocycles. The van der Waals surface area contributed by atoms with Crippen LogP contribution in [0, 0.1) is 0 Å². The Labute approximate surface area is 107 Å². The van der Waals surface area contributed by atoms with Crippen molar-refractivity contribution in [1.29, 1.82) is 0 Å². The Kier molecular flexibility index (Phi) is 2.33. The Morgan fingerprint density at radius 1 is 1.06 bits per heavy atom. The first-order valence-corrected chi connectivity index (χ1v) is 7.15. The summed E-state index contributed by atoms with van der Waals surface area (Å²) in [6, 6.07) is 0. The van der Waals surface area contributed by atoms with Gasteiger partial charge in [0.2, 0.25) is 0 Å². The first kappa shape index (κ1) is 11.0. The summed E-state index contributed by atoms with van der Waals surface area (Å²) in [7, 11) is 0. The second-order valence-electron chi connectivity index (χ2n) is 5.81. The average molecular weight is 248 g/mol. The van der Waals surface area contributed by atoms with Gasteiger partial charge in [-0.3, -0.25) is 0 Å². The Hall–Kier alpha value is -0.870. The lowest BCUT2D eigenvalue weighted by molar-refractivity contribution is -0.232. The van der Waals surface area contributed by atoms with Gasteiger partial charge >= 0.3 is 0 Å². The van der Waals surface area contributed by atoms with Crippen molar-refractivity contribution in [3.8, 4) is 0 Å². The van der Waals surface area contributed by atoms with Crippen LogP contribution in [0.4, 0.5) is 0 Å². The van der Waals surface area contributed by atoms with Crippen molar-refractivity contribution in [2.24, 2.45) is 0 Å². The fraction of sp³-hybridized carbons (Fsp3) is 0.786. The smallest absolute Gasteiger partial charge is 0.179 e. The molecule has 1 aromatic heterocycles. The molecule has 98 valence electrons. The second kappa shape index (κ2) is 3.81. The number of fused-ring (bicyclic) bond motifs is 3. The van der Waals surface area contributed by atoms with Crippen molar-refractivity contribution in [2.45, 2.75) is 56.3 Å². The Morgan fingerprint density at radius 3 is 2.72 bits per heavy atom. The van der Waals surface area contributed by atoms with Gasteiger partial charge < -0.3 is 14.0 Å². The van der Waals surface area contributed by atoms with Crippen LogP contribution in [0.25, 0.3) is 0 Å². The van der Waals surface area contributed by atoms with Gasteiger partial charge in [-0.05, 0) is 25.7 Å². The van der Waals surface area contributed by atoms with Crippen molar-refractivity contribution < 1.29 is 9.47 Å². The third-order valence-corrected chi connectivity index (χ3v) is 5.05. The Bertz CT molecular complexity index is 450. The van der Waals surface area contributed by atoms with E-state index in [1.54, 1.807) is 0 Å². The molecule has 4 rings (SSSR count). The molecule has 2 fully saturated rings. The second-order valence-corrected chi connectivity index (χ2v) is 5.81. The van der Waals surface area contributed by atoms with E-state index in [2.05, 4.69) is 9.55 Å². The standard InChI is InChI=1S/C14H20N2O2/c1-2-6-14(17-8-9-18-14)13(4-1)5-3-7-16-11-15-10-12(13)16/h10-11H,1-9H2. The minimum absolute atomic E-state index is 0.0521. The van der Waals surface area contributed by atoms with E-state index in [4.69, 9.17) is 9.47 Å². The molecule has 18 heavy (non-hydrogen) atoms. The highest BCUT2D eigenvalue weighted by molar-refractivity contribution is 5.24. The zero-order valence-electron chi connectivity index (χ0n) is 10.7. The summed E-state index contributed by atoms with van der Waals surface area (Å²) in [6.45, 7) is 2.58. The lowest BCUT2D eigenvalue weighted by Crippen LogP contribution is -2.56. The molecule has 4 nitrogen and oxygen atoms in total. The van der Waals surface area contributed by atoms with Gasteiger partial charge in [0, 0.05) is 24.9 Å². The van der Waals surface area contributed by atoms with Crippen LogP contribution in [-0.4, -0.2) is 28.6 Å². The fourth-order valence-corrected chi connectivity index (χ4v) is 4.30. The van der Waals surface area contributed by atoms with E-state index in [1.165, 1.54) is 37.8 Å². The van der Waals surface area contributed by atoms with Gasteiger partial charge in [0.15, 0.2) is 5.79 Å². The molecular formula is C14H20N2O2. The van der Waals surface area contributed by atoms with Gasteiger partial charge in [-0.2, -0.15) is 0 Å². The van der Waals surface area contributed by atoms with Crippen molar-refractivity contribution in [3.05, 3.63) is 18.2 Å². The molecule has 3 aliphatic rings. The van der Waals surface area contributed by atoms with E-state index in [0.717, 1.165) is 26.2 Å². The molecule has 0 bridgehead atoms. The first-order valence-electron chi connectivity index (χ1n) is 7.15.